The second-order valence-electron chi connectivity index (χ2n) is 13.9. The molecule has 1 aromatic heterocycles. The van der Waals surface area contributed by atoms with E-state index in [2.05, 4.69) is 22.1 Å². The summed E-state index contributed by atoms with van der Waals surface area (Å²) in [5.74, 6) is -8.81. The molecule has 0 aliphatic carbocycles. The molecule has 52 heavy (non-hydrogen) atoms. The van der Waals surface area contributed by atoms with Crippen LogP contribution < -0.4 is 0 Å². The smallest absolute Gasteiger partial charge is 0.344 e. The fourth-order valence-electron chi connectivity index (χ4n) is 7.05. The molecule has 0 saturated carbocycles. The number of aliphatic hydroxyl groups is 2. The monoisotopic (exact) mass is 728 g/mol. The minimum atomic E-state index is -3.57. The van der Waals surface area contributed by atoms with Crippen molar-refractivity contribution >= 4 is 23.9 Å². The van der Waals surface area contributed by atoms with Crippen molar-refractivity contribution in [2.24, 2.45) is 24.8 Å². The number of carboxylic acid groups (broad SMARTS) is 2. The van der Waals surface area contributed by atoms with E-state index < -0.39 is 77.5 Å². The average molecular weight is 729 g/mol. The first-order valence-electron chi connectivity index (χ1n) is 17.2. The molecular formula is C36H48N4O12. The predicted octanol–water partition coefficient (Wildman–Crippen LogP) is 2.70. The SMILES string of the molecule is C=C(CC[C@]12O[C@H](c3nnnn3C)[C@@](O)(C(=O)O)[C@](C(=O)O)(O1)[C@H](OC(=O)/C=C/[C@@H](C)C[C@@H](C)CC)[C@H]2O)[C@@H](OC(C)=O)[C@H](C)Cc1ccccc1. The Labute approximate surface area is 301 Å². The maximum atomic E-state index is 13.3. The lowest BCUT2D eigenvalue weighted by molar-refractivity contribution is -0.384. The number of ether oxygens (including phenoxy) is 4. The van der Waals surface area contributed by atoms with Gasteiger partial charge in [-0.25, -0.2) is 19.1 Å². The molecule has 16 nitrogen and oxygen atoms in total. The fraction of sp³-hybridized carbons (Fsp3) is 0.583. The van der Waals surface area contributed by atoms with Crippen LogP contribution in [0.5, 0.6) is 0 Å². The van der Waals surface area contributed by atoms with E-state index >= 15 is 0 Å². The number of benzene rings is 1. The summed E-state index contributed by atoms with van der Waals surface area (Å²) in [4.78, 5) is 51.8. The number of rotatable bonds is 17. The van der Waals surface area contributed by atoms with E-state index in [9.17, 15) is 39.6 Å². The zero-order chi connectivity index (χ0) is 38.6. The van der Waals surface area contributed by atoms with Crippen molar-refractivity contribution in [3.05, 3.63) is 66.0 Å². The van der Waals surface area contributed by atoms with Gasteiger partial charge < -0.3 is 39.4 Å². The third-order valence-corrected chi connectivity index (χ3v) is 9.95. The summed E-state index contributed by atoms with van der Waals surface area (Å²) in [5.41, 5.74) is -5.61. The molecule has 4 N–H and O–H groups in total. The number of nitrogens with zero attached hydrogens (tertiary/aromatic N) is 4. The molecule has 0 spiro atoms. The molecule has 4 rings (SSSR count). The van der Waals surface area contributed by atoms with Gasteiger partial charge in [0.2, 0.25) is 17.0 Å². The number of aliphatic hydroxyl groups excluding tert-OH is 1. The minimum absolute atomic E-state index is 0.0844. The Bertz CT molecular complexity index is 1660. The van der Waals surface area contributed by atoms with Gasteiger partial charge in [0.05, 0.1) is 0 Å². The molecule has 0 amide bonds. The minimum Gasteiger partial charge on any atom is -0.479 e. The van der Waals surface area contributed by atoms with Crippen molar-refractivity contribution in [3.8, 4) is 0 Å². The van der Waals surface area contributed by atoms with Gasteiger partial charge in [0, 0.05) is 32.4 Å². The van der Waals surface area contributed by atoms with Crippen molar-refractivity contribution in [1.82, 2.24) is 20.2 Å². The van der Waals surface area contributed by atoms with E-state index in [-0.39, 0.29) is 18.3 Å². The molecular weight excluding hydrogens is 680 g/mol. The van der Waals surface area contributed by atoms with Gasteiger partial charge in [-0.05, 0) is 52.7 Å². The largest absolute Gasteiger partial charge is 0.479 e. The first-order chi connectivity index (χ1) is 24.4. The summed E-state index contributed by atoms with van der Waals surface area (Å²) in [6.45, 7) is 13.2. The predicted molar refractivity (Wildman–Crippen MR) is 181 cm³/mol. The molecule has 2 saturated heterocycles. The van der Waals surface area contributed by atoms with Gasteiger partial charge in [-0.3, -0.25) is 4.79 Å². The van der Waals surface area contributed by atoms with Crippen LogP contribution in [0.3, 0.4) is 0 Å². The van der Waals surface area contributed by atoms with Crippen molar-refractivity contribution < 1.29 is 58.6 Å². The fourth-order valence-corrected chi connectivity index (χ4v) is 7.05. The Hall–Kier alpha value is -4.51. The van der Waals surface area contributed by atoms with Gasteiger partial charge in [-0.2, -0.15) is 0 Å². The number of carbonyl (C=O) groups excluding carboxylic acids is 2. The summed E-state index contributed by atoms with van der Waals surface area (Å²) >= 11 is 0. The van der Waals surface area contributed by atoms with Crippen molar-refractivity contribution in [3.63, 3.8) is 0 Å². The molecule has 0 radical (unpaired) electrons. The maximum Gasteiger partial charge on any atom is 0.344 e. The first-order valence-corrected chi connectivity index (χ1v) is 17.2. The first kappa shape index (κ1) is 40.3. The van der Waals surface area contributed by atoms with E-state index in [1.54, 1.807) is 6.08 Å². The number of esters is 2. The van der Waals surface area contributed by atoms with E-state index in [1.807, 2.05) is 58.0 Å². The van der Waals surface area contributed by atoms with Crippen LogP contribution in [0, 0.1) is 17.8 Å². The number of aliphatic carboxylic acids is 2. The maximum absolute atomic E-state index is 13.3. The zero-order valence-corrected chi connectivity index (χ0v) is 30.2. The molecule has 284 valence electrons. The molecule has 10 atom stereocenters. The number of hydrogen-bond donors (Lipinski definition) is 4. The van der Waals surface area contributed by atoms with E-state index in [1.165, 1.54) is 14.0 Å². The lowest BCUT2D eigenvalue weighted by atomic mass is 9.74. The van der Waals surface area contributed by atoms with Crippen molar-refractivity contribution in [2.45, 2.75) is 108 Å². The number of carbonyl (C=O) groups is 4. The molecule has 1 aromatic carbocycles. The molecule has 3 heterocycles. The number of tetrazole rings is 1. The van der Waals surface area contributed by atoms with Gasteiger partial charge in [0.25, 0.3) is 0 Å². The van der Waals surface area contributed by atoms with Crippen LogP contribution in [-0.2, 0) is 51.6 Å². The van der Waals surface area contributed by atoms with Crippen molar-refractivity contribution in [2.75, 3.05) is 0 Å². The topological polar surface area (TPSA) is 230 Å². The summed E-state index contributed by atoms with van der Waals surface area (Å²) < 4.78 is 24.2. The average Bonchev–Trinajstić information content (AvgIpc) is 3.61. The Morgan fingerprint density at radius 3 is 2.35 bits per heavy atom. The normalized spacial score (nSPS) is 29.2. The molecule has 16 heteroatoms. The van der Waals surface area contributed by atoms with Crippen LogP contribution in [0.15, 0.2) is 54.6 Å². The second kappa shape index (κ2) is 16.0. The molecule has 2 bridgehead atoms. The van der Waals surface area contributed by atoms with E-state index in [0.717, 1.165) is 29.2 Å². The lowest BCUT2D eigenvalue weighted by Gasteiger charge is -2.49. The molecule has 2 aromatic rings. The summed E-state index contributed by atoms with van der Waals surface area (Å²) in [6.07, 6.45) is -3.35. The number of fused-ring (bicyclic) bond motifs is 2. The Kier molecular flexibility index (Phi) is 12.4. The molecule has 2 aliphatic heterocycles. The van der Waals surface area contributed by atoms with E-state index in [4.69, 9.17) is 18.9 Å². The Balaban J connectivity index is 1.75. The number of carboxylic acids is 2. The standard InChI is InChI=1S/C36H48N4O12/c1-8-20(2)18-21(3)14-15-26(42)50-29-28(43)34(17-16-22(4)27(49-24(6)41)23(5)19-25-12-10-9-11-13-25)51-30(31-37-38-39-40(31)7)35(48,32(44)45)36(29,52-34)33(46)47/h9-15,20-21,23,27-30,43,48H,4,8,16-19H2,1-3,5-7H3,(H,44,45)(H,46,47)/b15-14+/t20-,21+,23+,27+,28+,29+,30+,34-,35+,36-/m0/s1. The molecule has 2 fully saturated rings. The summed E-state index contributed by atoms with van der Waals surface area (Å²) in [5, 5.41) is 56.1. The number of hydrogen-bond acceptors (Lipinski definition) is 13. The summed E-state index contributed by atoms with van der Waals surface area (Å²) in [6, 6.07) is 9.45. The Morgan fingerprint density at radius 2 is 1.79 bits per heavy atom. The van der Waals surface area contributed by atoms with Crippen LogP contribution in [-0.4, -0.2) is 99.8 Å². The van der Waals surface area contributed by atoms with Crippen LogP contribution in [0.4, 0.5) is 0 Å². The highest BCUT2D eigenvalue weighted by Crippen LogP contribution is 2.59. The van der Waals surface area contributed by atoms with Crippen LogP contribution in [0.2, 0.25) is 0 Å². The number of aryl methyl sites for hydroxylation is 1. The van der Waals surface area contributed by atoms with Crippen LogP contribution >= 0.6 is 0 Å². The highest BCUT2D eigenvalue weighted by molar-refractivity contribution is 5.94. The van der Waals surface area contributed by atoms with Gasteiger partial charge in [0.1, 0.15) is 12.2 Å². The Morgan fingerprint density at radius 1 is 1.12 bits per heavy atom. The van der Waals surface area contributed by atoms with Gasteiger partial charge in [-0.15, -0.1) is 5.10 Å². The second-order valence-corrected chi connectivity index (χ2v) is 13.9. The molecule has 0 unspecified atom stereocenters. The third kappa shape index (κ3) is 7.65. The third-order valence-electron chi connectivity index (χ3n) is 9.95. The van der Waals surface area contributed by atoms with Gasteiger partial charge >= 0.3 is 23.9 Å². The summed E-state index contributed by atoms with van der Waals surface area (Å²) in [7, 11) is 1.30. The number of aromatic nitrogens is 4. The highest BCUT2D eigenvalue weighted by atomic mass is 16.8. The number of allylic oxidation sites excluding steroid dienone is 1. The quantitative estimate of drug-likeness (QED) is 0.104. The highest BCUT2D eigenvalue weighted by Gasteiger charge is 2.85. The van der Waals surface area contributed by atoms with Crippen LogP contribution in [0.25, 0.3) is 0 Å². The van der Waals surface area contributed by atoms with Gasteiger partial charge in [-0.1, -0.05) is 77.1 Å². The lowest BCUT2D eigenvalue weighted by Crippen LogP contribution is -2.74. The van der Waals surface area contributed by atoms with E-state index in [0.29, 0.717) is 17.9 Å². The zero-order valence-electron chi connectivity index (χ0n) is 30.2. The van der Waals surface area contributed by atoms with Crippen LogP contribution in [0.1, 0.15) is 77.8 Å². The van der Waals surface area contributed by atoms with Gasteiger partial charge in [0.15, 0.2) is 18.0 Å². The van der Waals surface area contributed by atoms with Crippen molar-refractivity contribution in [1.29, 1.82) is 0 Å². The molecule has 2 aliphatic rings.